The van der Waals surface area contributed by atoms with Crippen molar-refractivity contribution in [2.24, 2.45) is 0 Å². The predicted molar refractivity (Wildman–Crippen MR) is 91.9 cm³/mol. The van der Waals surface area contributed by atoms with Crippen LogP contribution in [0.4, 0.5) is 10.5 Å². The van der Waals surface area contributed by atoms with E-state index in [0.717, 1.165) is 11.3 Å². The Bertz CT molecular complexity index is 565. The van der Waals surface area contributed by atoms with Crippen molar-refractivity contribution in [2.45, 2.75) is 53.1 Å². The molecule has 0 saturated heterocycles. The summed E-state index contributed by atoms with van der Waals surface area (Å²) < 4.78 is 5.46. The zero-order valence-electron chi connectivity index (χ0n) is 14.7. The Labute approximate surface area is 138 Å². The van der Waals surface area contributed by atoms with Crippen molar-refractivity contribution in [2.75, 3.05) is 11.9 Å². The minimum atomic E-state index is -0.627. The lowest BCUT2D eigenvalue weighted by molar-refractivity contribution is -0.123. The molecule has 6 heteroatoms. The molecule has 0 radical (unpaired) electrons. The summed E-state index contributed by atoms with van der Waals surface area (Å²) in [6.07, 6.45) is 0. The molecule has 0 heterocycles. The second-order valence-corrected chi connectivity index (χ2v) is 6.47. The van der Waals surface area contributed by atoms with Crippen LogP contribution in [0.1, 0.15) is 40.2 Å². The molecule has 0 fully saturated rings. The summed E-state index contributed by atoms with van der Waals surface area (Å²) >= 11 is 0. The van der Waals surface area contributed by atoms with Crippen LogP contribution in [0, 0.1) is 6.92 Å². The van der Waals surface area contributed by atoms with Gasteiger partial charge in [0.2, 0.25) is 5.91 Å². The Morgan fingerprint density at radius 2 is 1.91 bits per heavy atom. The van der Waals surface area contributed by atoms with Crippen LogP contribution >= 0.6 is 0 Å². The van der Waals surface area contributed by atoms with Gasteiger partial charge >= 0.3 is 6.03 Å². The Kier molecular flexibility index (Phi) is 6.42. The number of amides is 3. The number of ether oxygens (including phenoxy) is 1. The molecule has 1 aromatic carbocycles. The minimum Gasteiger partial charge on any atom is -0.494 e. The number of aryl methyl sites for hydroxylation is 1. The van der Waals surface area contributed by atoms with Crippen LogP contribution in [0.25, 0.3) is 0 Å². The van der Waals surface area contributed by atoms with Gasteiger partial charge in [0, 0.05) is 11.2 Å². The predicted octanol–water partition coefficient (Wildman–Crippen LogP) is 2.82. The molecule has 0 aliphatic heterocycles. The number of urea groups is 1. The lowest BCUT2D eigenvalue weighted by atomic mass is 10.1. The van der Waals surface area contributed by atoms with E-state index in [1.165, 1.54) is 0 Å². The number of benzene rings is 1. The third kappa shape index (κ3) is 6.59. The first kappa shape index (κ1) is 18.8. The maximum atomic E-state index is 12.0. The van der Waals surface area contributed by atoms with Crippen LogP contribution in [0.5, 0.6) is 5.75 Å². The zero-order chi connectivity index (χ0) is 17.6. The number of anilines is 1. The summed E-state index contributed by atoms with van der Waals surface area (Å²) in [5.41, 5.74) is 1.24. The highest BCUT2D eigenvalue weighted by Gasteiger charge is 2.20. The van der Waals surface area contributed by atoms with Crippen LogP contribution in [0.2, 0.25) is 0 Å². The first-order valence-electron chi connectivity index (χ1n) is 7.75. The van der Waals surface area contributed by atoms with Gasteiger partial charge in [0.15, 0.2) is 0 Å². The van der Waals surface area contributed by atoms with Crippen molar-refractivity contribution in [3.63, 3.8) is 0 Å². The number of hydrogen-bond donors (Lipinski definition) is 3. The molecule has 0 aromatic heterocycles. The third-order valence-corrected chi connectivity index (χ3v) is 2.97. The number of rotatable bonds is 5. The smallest absolute Gasteiger partial charge is 0.319 e. The normalized spacial score (nSPS) is 12.3. The number of hydrogen-bond acceptors (Lipinski definition) is 3. The molecule has 6 nitrogen and oxygen atoms in total. The van der Waals surface area contributed by atoms with E-state index in [4.69, 9.17) is 4.74 Å². The van der Waals surface area contributed by atoms with Crippen molar-refractivity contribution < 1.29 is 14.3 Å². The Morgan fingerprint density at radius 1 is 1.26 bits per heavy atom. The van der Waals surface area contributed by atoms with Gasteiger partial charge in [-0.3, -0.25) is 4.79 Å². The topological polar surface area (TPSA) is 79.5 Å². The molecule has 1 unspecified atom stereocenters. The molecule has 128 valence electrons. The number of carbonyl (C=O) groups is 2. The Balaban J connectivity index is 2.59. The fourth-order valence-electron chi connectivity index (χ4n) is 1.95. The molecule has 3 amide bonds. The number of carbonyl (C=O) groups excluding carboxylic acids is 2. The summed E-state index contributed by atoms with van der Waals surface area (Å²) in [5.74, 6) is 0.562. The van der Waals surface area contributed by atoms with Gasteiger partial charge in [-0.05, 0) is 65.3 Å². The van der Waals surface area contributed by atoms with Gasteiger partial charge in [0.1, 0.15) is 11.8 Å². The van der Waals surface area contributed by atoms with Gasteiger partial charge in [-0.2, -0.15) is 0 Å². The summed E-state index contributed by atoms with van der Waals surface area (Å²) in [5, 5.41) is 8.15. The van der Waals surface area contributed by atoms with Crippen molar-refractivity contribution in [1.82, 2.24) is 10.6 Å². The van der Waals surface area contributed by atoms with E-state index in [2.05, 4.69) is 16.0 Å². The highest BCUT2D eigenvalue weighted by atomic mass is 16.5. The van der Waals surface area contributed by atoms with Crippen LogP contribution in [0.15, 0.2) is 18.2 Å². The van der Waals surface area contributed by atoms with E-state index in [1.807, 2.05) is 46.8 Å². The largest absolute Gasteiger partial charge is 0.494 e. The monoisotopic (exact) mass is 321 g/mol. The van der Waals surface area contributed by atoms with E-state index >= 15 is 0 Å². The molecule has 0 spiro atoms. The zero-order valence-corrected chi connectivity index (χ0v) is 14.7. The summed E-state index contributed by atoms with van der Waals surface area (Å²) in [7, 11) is 0. The lowest BCUT2D eigenvalue weighted by Crippen LogP contribution is -2.51. The molecular weight excluding hydrogens is 294 g/mol. The minimum absolute atomic E-state index is 0.226. The summed E-state index contributed by atoms with van der Waals surface area (Å²) in [6.45, 7) is 11.7. The maximum Gasteiger partial charge on any atom is 0.319 e. The quantitative estimate of drug-likeness (QED) is 0.780. The van der Waals surface area contributed by atoms with Gasteiger partial charge in [0.05, 0.1) is 6.61 Å². The first-order chi connectivity index (χ1) is 10.6. The van der Waals surface area contributed by atoms with Crippen LogP contribution in [-0.2, 0) is 4.79 Å². The molecule has 3 N–H and O–H groups in total. The van der Waals surface area contributed by atoms with Crippen molar-refractivity contribution in [3.8, 4) is 5.75 Å². The summed E-state index contributed by atoms with van der Waals surface area (Å²) in [6, 6.07) is 4.34. The fraction of sp³-hybridized carbons (Fsp3) is 0.529. The average Bonchev–Trinajstić information content (AvgIpc) is 2.40. The first-order valence-corrected chi connectivity index (χ1v) is 7.75. The second kappa shape index (κ2) is 7.85. The molecule has 0 saturated carbocycles. The van der Waals surface area contributed by atoms with E-state index in [9.17, 15) is 9.59 Å². The van der Waals surface area contributed by atoms with E-state index in [0.29, 0.717) is 12.3 Å². The highest BCUT2D eigenvalue weighted by molar-refractivity contribution is 5.93. The SMILES string of the molecule is CCOc1ccc(NC(=O)NC(C)C(=O)NC(C)(C)C)cc1C. The van der Waals surface area contributed by atoms with Crippen LogP contribution in [0.3, 0.4) is 0 Å². The Morgan fingerprint density at radius 3 is 2.43 bits per heavy atom. The molecule has 1 atom stereocenters. The molecule has 23 heavy (non-hydrogen) atoms. The standard InChI is InChI=1S/C17H27N3O3/c1-7-23-14-9-8-13(10-11(14)2)19-16(22)18-12(3)15(21)20-17(4,5)6/h8-10,12H,7H2,1-6H3,(H,20,21)(H2,18,19,22). The fourth-order valence-corrected chi connectivity index (χ4v) is 1.95. The lowest BCUT2D eigenvalue weighted by Gasteiger charge is -2.23. The van der Waals surface area contributed by atoms with Crippen LogP contribution < -0.4 is 20.7 Å². The summed E-state index contributed by atoms with van der Waals surface area (Å²) in [4.78, 5) is 23.9. The molecule has 0 aliphatic carbocycles. The molecule has 1 rings (SSSR count). The van der Waals surface area contributed by atoms with Crippen molar-refractivity contribution >= 4 is 17.6 Å². The molecule has 1 aromatic rings. The van der Waals surface area contributed by atoms with E-state index in [-0.39, 0.29) is 11.4 Å². The van der Waals surface area contributed by atoms with Gasteiger partial charge in [-0.15, -0.1) is 0 Å². The van der Waals surface area contributed by atoms with Gasteiger partial charge in [0.25, 0.3) is 0 Å². The van der Waals surface area contributed by atoms with E-state index < -0.39 is 12.1 Å². The number of nitrogens with one attached hydrogen (secondary N) is 3. The molecule has 0 aliphatic rings. The maximum absolute atomic E-state index is 12.0. The highest BCUT2D eigenvalue weighted by Crippen LogP contribution is 2.21. The molecule has 0 bridgehead atoms. The average molecular weight is 321 g/mol. The third-order valence-electron chi connectivity index (χ3n) is 2.97. The van der Waals surface area contributed by atoms with Crippen molar-refractivity contribution in [3.05, 3.63) is 23.8 Å². The van der Waals surface area contributed by atoms with Gasteiger partial charge < -0.3 is 20.7 Å². The molecular formula is C17H27N3O3. The van der Waals surface area contributed by atoms with Crippen molar-refractivity contribution in [1.29, 1.82) is 0 Å². The van der Waals surface area contributed by atoms with Crippen LogP contribution in [-0.4, -0.2) is 30.1 Å². The van der Waals surface area contributed by atoms with E-state index in [1.54, 1.807) is 13.0 Å². The van der Waals surface area contributed by atoms with Gasteiger partial charge in [-0.1, -0.05) is 0 Å². The van der Waals surface area contributed by atoms with Gasteiger partial charge in [-0.25, -0.2) is 4.79 Å². The Hall–Kier alpha value is -2.24. The second-order valence-electron chi connectivity index (χ2n) is 6.47.